The fourth-order valence-electron chi connectivity index (χ4n) is 2.12. The van der Waals surface area contributed by atoms with E-state index in [0.717, 1.165) is 12.0 Å². The Morgan fingerprint density at radius 1 is 1.69 bits per heavy atom. The Morgan fingerprint density at radius 3 is 3.15 bits per heavy atom. The molecule has 0 saturated carbocycles. The Balaban J connectivity index is 2.24. The SMILES string of the molecule is CC1Cc2cocc2C1CC(=O)O. The van der Waals surface area contributed by atoms with Crippen molar-refractivity contribution < 1.29 is 14.3 Å². The second-order valence-electron chi connectivity index (χ2n) is 3.74. The van der Waals surface area contributed by atoms with Gasteiger partial charge in [0, 0.05) is 5.92 Å². The highest BCUT2D eigenvalue weighted by molar-refractivity contribution is 5.68. The summed E-state index contributed by atoms with van der Waals surface area (Å²) in [6.07, 6.45) is 4.58. The van der Waals surface area contributed by atoms with Gasteiger partial charge in [-0.1, -0.05) is 6.92 Å². The first-order valence-corrected chi connectivity index (χ1v) is 4.45. The molecular weight excluding hydrogens is 168 g/mol. The average molecular weight is 180 g/mol. The zero-order valence-electron chi connectivity index (χ0n) is 7.49. The van der Waals surface area contributed by atoms with E-state index in [1.54, 1.807) is 12.5 Å². The van der Waals surface area contributed by atoms with Gasteiger partial charge in [0.25, 0.3) is 0 Å². The third kappa shape index (κ3) is 1.34. The summed E-state index contributed by atoms with van der Waals surface area (Å²) in [5.74, 6) is -0.158. The van der Waals surface area contributed by atoms with Crippen LogP contribution in [0.15, 0.2) is 16.9 Å². The maximum atomic E-state index is 10.6. The van der Waals surface area contributed by atoms with Crippen LogP contribution in [0.25, 0.3) is 0 Å². The lowest BCUT2D eigenvalue weighted by atomic mass is 9.92. The normalized spacial score (nSPS) is 25.9. The Morgan fingerprint density at radius 2 is 2.46 bits per heavy atom. The quantitative estimate of drug-likeness (QED) is 0.757. The Labute approximate surface area is 76.4 Å². The van der Waals surface area contributed by atoms with Gasteiger partial charge >= 0.3 is 5.97 Å². The molecule has 2 unspecified atom stereocenters. The fraction of sp³-hybridized carbons (Fsp3) is 0.500. The third-order valence-electron chi connectivity index (χ3n) is 2.80. The number of carboxylic acids is 1. The van der Waals surface area contributed by atoms with Crippen LogP contribution in [0, 0.1) is 5.92 Å². The van der Waals surface area contributed by atoms with E-state index in [2.05, 4.69) is 6.92 Å². The number of furan rings is 1. The molecule has 3 heteroatoms. The van der Waals surface area contributed by atoms with Crippen molar-refractivity contribution >= 4 is 5.97 Å². The van der Waals surface area contributed by atoms with Gasteiger partial charge in [-0.3, -0.25) is 4.79 Å². The van der Waals surface area contributed by atoms with Gasteiger partial charge in [-0.15, -0.1) is 0 Å². The van der Waals surface area contributed by atoms with Crippen LogP contribution in [0.1, 0.15) is 30.4 Å². The van der Waals surface area contributed by atoms with Crippen molar-refractivity contribution in [1.82, 2.24) is 0 Å². The summed E-state index contributed by atoms with van der Waals surface area (Å²) in [6, 6.07) is 0. The highest BCUT2D eigenvalue weighted by Gasteiger charge is 2.32. The molecule has 1 aromatic rings. The van der Waals surface area contributed by atoms with Crippen molar-refractivity contribution in [2.75, 3.05) is 0 Å². The predicted molar refractivity (Wildman–Crippen MR) is 46.6 cm³/mol. The van der Waals surface area contributed by atoms with E-state index in [1.165, 1.54) is 5.56 Å². The lowest BCUT2D eigenvalue weighted by molar-refractivity contribution is -0.137. The van der Waals surface area contributed by atoms with Crippen LogP contribution >= 0.6 is 0 Å². The van der Waals surface area contributed by atoms with Crippen LogP contribution < -0.4 is 0 Å². The number of fused-ring (bicyclic) bond motifs is 1. The van der Waals surface area contributed by atoms with Crippen molar-refractivity contribution in [3.63, 3.8) is 0 Å². The van der Waals surface area contributed by atoms with E-state index in [9.17, 15) is 4.79 Å². The number of hydrogen-bond donors (Lipinski definition) is 1. The van der Waals surface area contributed by atoms with E-state index >= 15 is 0 Å². The minimum Gasteiger partial charge on any atom is -0.481 e. The van der Waals surface area contributed by atoms with E-state index in [1.807, 2.05) is 0 Å². The molecule has 0 bridgehead atoms. The zero-order chi connectivity index (χ0) is 9.42. The third-order valence-corrected chi connectivity index (χ3v) is 2.80. The highest BCUT2D eigenvalue weighted by Crippen LogP contribution is 2.40. The van der Waals surface area contributed by atoms with Crippen molar-refractivity contribution in [1.29, 1.82) is 0 Å². The van der Waals surface area contributed by atoms with Crippen LogP contribution in [0.2, 0.25) is 0 Å². The molecule has 1 N–H and O–H groups in total. The molecule has 1 aliphatic carbocycles. The number of hydrogen-bond acceptors (Lipinski definition) is 2. The highest BCUT2D eigenvalue weighted by atomic mass is 16.4. The second-order valence-corrected chi connectivity index (χ2v) is 3.74. The van der Waals surface area contributed by atoms with Crippen LogP contribution in [0.4, 0.5) is 0 Å². The maximum Gasteiger partial charge on any atom is 0.303 e. The van der Waals surface area contributed by atoms with E-state index < -0.39 is 5.97 Å². The van der Waals surface area contributed by atoms with Gasteiger partial charge in [0.2, 0.25) is 0 Å². The topological polar surface area (TPSA) is 50.4 Å². The Bertz CT molecular complexity index is 327. The first-order valence-electron chi connectivity index (χ1n) is 4.45. The summed E-state index contributed by atoms with van der Waals surface area (Å²) in [6.45, 7) is 2.09. The number of aliphatic carboxylic acids is 1. The second kappa shape index (κ2) is 2.91. The van der Waals surface area contributed by atoms with Gasteiger partial charge in [-0.05, 0) is 23.5 Å². The molecule has 1 aromatic heterocycles. The summed E-state index contributed by atoms with van der Waals surface area (Å²) in [7, 11) is 0. The molecule has 3 nitrogen and oxygen atoms in total. The first-order chi connectivity index (χ1) is 6.18. The van der Waals surface area contributed by atoms with Crippen LogP contribution in [0.5, 0.6) is 0 Å². The van der Waals surface area contributed by atoms with E-state index in [4.69, 9.17) is 9.52 Å². The predicted octanol–water partition coefficient (Wildman–Crippen LogP) is 2.03. The molecule has 70 valence electrons. The van der Waals surface area contributed by atoms with E-state index in [0.29, 0.717) is 5.92 Å². The molecule has 0 aliphatic heterocycles. The lowest BCUT2D eigenvalue weighted by Gasteiger charge is -2.12. The summed E-state index contributed by atoms with van der Waals surface area (Å²) < 4.78 is 5.05. The van der Waals surface area contributed by atoms with Crippen LogP contribution in [0.3, 0.4) is 0 Å². The van der Waals surface area contributed by atoms with Gasteiger partial charge in [0.15, 0.2) is 0 Å². The molecule has 0 fully saturated rings. The number of carboxylic acid groups (broad SMARTS) is 1. The molecule has 0 spiro atoms. The molecule has 2 atom stereocenters. The number of rotatable bonds is 2. The molecular formula is C10H12O3. The minimum absolute atomic E-state index is 0.145. The van der Waals surface area contributed by atoms with E-state index in [-0.39, 0.29) is 12.3 Å². The van der Waals surface area contributed by atoms with Gasteiger partial charge in [0.1, 0.15) is 0 Å². The first kappa shape index (κ1) is 8.35. The summed E-state index contributed by atoms with van der Waals surface area (Å²) in [5.41, 5.74) is 2.27. The van der Waals surface area contributed by atoms with Gasteiger partial charge in [-0.2, -0.15) is 0 Å². The Kier molecular flexibility index (Phi) is 1.87. The maximum absolute atomic E-state index is 10.6. The molecule has 0 saturated heterocycles. The number of carbonyl (C=O) groups is 1. The largest absolute Gasteiger partial charge is 0.481 e. The van der Waals surface area contributed by atoms with Crippen molar-refractivity contribution in [3.8, 4) is 0 Å². The van der Waals surface area contributed by atoms with Gasteiger partial charge in [0.05, 0.1) is 18.9 Å². The summed E-state index contributed by atoms with van der Waals surface area (Å²) in [4.78, 5) is 10.6. The molecule has 13 heavy (non-hydrogen) atoms. The fourth-order valence-corrected chi connectivity index (χ4v) is 2.12. The summed E-state index contributed by atoms with van der Waals surface area (Å²) in [5, 5.41) is 8.72. The molecule has 1 heterocycles. The minimum atomic E-state index is -0.731. The smallest absolute Gasteiger partial charge is 0.303 e. The molecule has 0 radical (unpaired) electrons. The lowest BCUT2D eigenvalue weighted by Crippen LogP contribution is -2.09. The van der Waals surface area contributed by atoms with Crippen LogP contribution in [-0.4, -0.2) is 11.1 Å². The monoisotopic (exact) mass is 180 g/mol. The standard InChI is InChI=1S/C10H12O3/c1-6-2-7-4-13-5-9(7)8(6)3-10(11)12/h4-6,8H,2-3H2,1H3,(H,11,12). The van der Waals surface area contributed by atoms with Crippen molar-refractivity contribution in [2.24, 2.45) is 5.92 Å². The molecule has 0 aromatic carbocycles. The average Bonchev–Trinajstić information content (AvgIpc) is 2.55. The van der Waals surface area contributed by atoms with Crippen molar-refractivity contribution in [3.05, 3.63) is 23.7 Å². The zero-order valence-corrected chi connectivity index (χ0v) is 7.49. The van der Waals surface area contributed by atoms with Gasteiger partial charge < -0.3 is 9.52 Å². The molecule has 1 aliphatic rings. The van der Waals surface area contributed by atoms with Gasteiger partial charge in [-0.25, -0.2) is 0 Å². The summed E-state index contributed by atoms with van der Waals surface area (Å²) >= 11 is 0. The van der Waals surface area contributed by atoms with Crippen molar-refractivity contribution in [2.45, 2.75) is 25.7 Å². The molecule has 0 amide bonds. The Hall–Kier alpha value is -1.25. The molecule has 2 rings (SSSR count). The van der Waals surface area contributed by atoms with Crippen LogP contribution in [-0.2, 0) is 11.2 Å².